The Labute approximate surface area is 136 Å². The van der Waals surface area contributed by atoms with Gasteiger partial charge in [-0.25, -0.2) is 4.98 Å². The number of benzene rings is 1. The van der Waals surface area contributed by atoms with Crippen LogP contribution in [0.3, 0.4) is 0 Å². The van der Waals surface area contributed by atoms with Crippen molar-refractivity contribution in [2.45, 2.75) is 37.4 Å². The highest BCUT2D eigenvalue weighted by Gasteiger charge is 2.41. The van der Waals surface area contributed by atoms with E-state index in [9.17, 15) is 4.79 Å². The topological polar surface area (TPSA) is 55.1 Å². The lowest BCUT2D eigenvalue weighted by atomic mass is 9.98. The van der Waals surface area contributed by atoms with Crippen LogP contribution in [-0.4, -0.2) is 26.4 Å². The second-order valence-corrected chi connectivity index (χ2v) is 7.83. The molecule has 0 radical (unpaired) electrons. The van der Waals surface area contributed by atoms with Crippen LogP contribution in [-0.2, 0) is 10.3 Å². The molecule has 112 valence electrons. The molecule has 1 aliphatic rings. The van der Waals surface area contributed by atoms with E-state index in [0.717, 1.165) is 20.7 Å². The molecule has 4 nitrogen and oxygen atoms in total. The first-order valence-electron chi connectivity index (χ1n) is 6.92. The van der Waals surface area contributed by atoms with Gasteiger partial charge in [-0.15, -0.1) is 0 Å². The fourth-order valence-electron chi connectivity index (χ4n) is 2.78. The third-order valence-corrected chi connectivity index (χ3v) is 5.48. The number of fused-ring (bicyclic) bond motifs is 1. The van der Waals surface area contributed by atoms with Crippen molar-refractivity contribution in [1.82, 2.24) is 9.55 Å². The van der Waals surface area contributed by atoms with E-state index in [1.54, 1.807) is 0 Å². The van der Waals surface area contributed by atoms with Gasteiger partial charge in [0.1, 0.15) is 0 Å². The SMILES string of the molecule is CC(C)(C1CC1)n1c(SCC(=O)O)nc2ccc(Br)cc21. The van der Waals surface area contributed by atoms with Crippen molar-refractivity contribution in [2.75, 3.05) is 5.75 Å². The number of thioether (sulfide) groups is 1. The summed E-state index contributed by atoms with van der Waals surface area (Å²) >= 11 is 4.81. The van der Waals surface area contributed by atoms with E-state index in [2.05, 4.69) is 45.4 Å². The van der Waals surface area contributed by atoms with Crippen molar-refractivity contribution in [1.29, 1.82) is 0 Å². The van der Waals surface area contributed by atoms with Crippen LogP contribution in [0.25, 0.3) is 11.0 Å². The average molecular weight is 369 g/mol. The quantitative estimate of drug-likeness (QED) is 0.806. The van der Waals surface area contributed by atoms with E-state index in [4.69, 9.17) is 5.11 Å². The molecule has 1 fully saturated rings. The number of nitrogens with zero attached hydrogens (tertiary/aromatic N) is 2. The molecule has 2 aromatic rings. The van der Waals surface area contributed by atoms with E-state index in [0.29, 0.717) is 5.92 Å². The minimum absolute atomic E-state index is 0.0330. The van der Waals surface area contributed by atoms with E-state index in [-0.39, 0.29) is 11.3 Å². The second-order valence-electron chi connectivity index (χ2n) is 5.97. The summed E-state index contributed by atoms with van der Waals surface area (Å²) in [5, 5.41) is 9.74. The molecular weight excluding hydrogens is 352 g/mol. The zero-order chi connectivity index (χ0) is 15.2. The molecule has 0 aliphatic heterocycles. The first-order valence-corrected chi connectivity index (χ1v) is 8.70. The normalized spacial score (nSPS) is 15.6. The predicted molar refractivity (Wildman–Crippen MR) is 87.8 cm³/mol. The molecule has 0 amide bonds. The Balaban J connectivity index is 2.13. The molecule has 1 aliphatic carbocycles. The number of imidazole rings is 1. The molecule has 0 unspecified atom stereocenters. The highest BCUT2D eigenvalue weighted by atomic mass is 79.9. The fourth-order valence-corrected chi connectivity index (χ4v) is 4.01. The second kappa shape index (κ2) is 5.32. The number of rotatable bonds is 5. The molecule has 1 saturated carbocycles. The summed E-state index contributed by atoms with van der Waals surface area (Å²) in [4.78, 5) is 15.5. The highest BCUT2D eigenvalue weighted by Crippen LogP contribution is 2.47. The minimum Gasteiger partial charge on any atom is -0.481 e. The summed E-state index contributed by atoms with van der Waals surface area (Å²) in [6.45, 7) is 4.44. The first-order chi connectivity index (χ1) is 9.89. The van der Waals surface area contributed by atoms with E-state index < -0.39 is 5.97 Å². The molecule has 6 heteroatoms. The summed E-state index contributed by atoms with van der Waals surface area (Å²) in [6.07, 6.45) is 2.45. The number of aliphatic carboxylic acids is 1. The van der Waals surface area contributed by atoms with Gasteiger partial charge in [0, 0.05) is 10.0 Å². The standard InChI is InChI=1S/C15H17BrN2O2S/c1-15(2,9-3-4-9)18-12-7-10(16)5-6-11(12)17-14(18)21-8-13(19)20/h5-7,9H,3-4,8H2,1-2H3,(H,19,20). The van der Waals surface area contributed by atoms with Crippen molar-refractivity contribution in [3.63, 3.8) is 0 Å². The highest BCUT2D eigenvalue weighted by molar-refractivity contribution is 9.10. The van der Waals surface area contributed by atoms with E-state index in [1.807, 2.05) is 12.1 Å². The van der Waals surface area contributed by atoms with Crippen molar-refractivity contribution in [3.8, 4) is 0 Å². The Morgan fingerprint density at radius 1 is 1.52 bits per heavy atom. The van der Waals surface area contributed by atoms with Crippen LogP contribution < -0.4 is 0 Å². The van der Waals surface area contributed by atoms with Gasteiger partial charge in [0.25, 0.3) is 0 Å². The zero-order valence-electron chi connectivity index (χ0n) is 12.0. The average Bonchev–Trinajstić information content (AvgIpc) is 3.18. The van der Waals surface area contributed by atoms with Gasteiger partial charge in [-0.2, -0.15) is 0 Å². The Kier molecular flexibility index (Phi) is 3.78. The lowest BCUT2D eigenvalue weighted by molar-refractivity contribution is -0.133. The third-order valence-electron chi connectivity index (χ3n) is 4.06. The van der Waals surface area contributed by atoms with Gasteiger partial charge in [-0.1, -0.05) is 27.7 Å². The van der Waals surface area contributed by atoms with Crippen molar-refractivity contribution in [2.24, 2.45) is 5.92 Å². The van der Waals surface area contributed by atoms with Crippen molar-refractivity contribution >= 4 is 44.7 Å². The van der Waals surface area contributed by atoms with Crippen LogP contribution in [0.1, 0.15) is 26.7 Å². The summed E-state index contributed by atoms with van der Waals surface area (Å²) in [5.41, 5.74) is 1.94. The molecule has 1 aromatic carbocycles. The Morgan fingerprint density at radius 2 is 2.24 bits per heavy atom. The molecule has 0 spiro atoms. The third kappa shape index (κ3) is 2.83. The Hall–Kier alpha value is -1.01. The summed E-state index contributed by atoms with van der Waals surface area (Å²) in [6, 6.07) is 6.01. The predicted octanol–water partition coefficient (Wildman–Crippen LogP) is 4.12. The molecule has 0 saturated heterocycles. The van der Waals surface area contributed by atoms with Crippen LogP contribution in [0.2, 0.25) is 0 Å². The molecule has 0 atom stereocenters. The van der Waals surface area contributed by atoms with Crippen LogP contribution in [0.5, 0.6) is 0 Å². The molecule has 1 heterocycles. The maximum Gasteiger partial charge on any atom is 0.313 e. The molecule has 21 heavy (non-hydrogen) atoms. The van der Waals surface area contributed by atoms with Gasteiger partial charge in [0.2, 0.25) is 0 Å². The number of carboxylic acids is 1. The number of carbonyl (C=O) groups is 1. The van der Waals surface area contributed by atoms with Gasteiger partial charge in [-0.05, 0) is 50.8 Å². The summed E-state index contributed by atoms with van der Waals surface area (Å²) in [5.74, 6) is -0.146. The van der Waals surface area contributed by atoms with E-state index >= 15 is 0 Å². The van der Waals surface area contributed by atoms with E-state index in [1.165, 1.54) is 24.6 Å². The van der Waals surface area contributed by atoms with Crippen molar-refractivity contribution in [3.05, 3.63) is 22.7 Å². The smallest absolute Gasteiger partial charge is 0.313 e. The van der Waals surface area contributed by atoms with Crippen LogP contribution in [0, 0.1) is 5.92 Å². The zero-order valence-corrected chi connectivity index (χ0v) is 14.4. The summed E-state index contributed by atoms with van der Waals surface area (Å²) < 4.78 is 3.23. The lowest BCUT2D eigenvalue weighted by Crippen LogP contribution is -2.29. The van der Waals surface area contributed by atoms with Crippen LogP contribution in [0.4, 0.5) is 0 Å². The maximum atomic E-state index is 10.9. The number of hydrogen-bond donors (Lipinski definition) is 1. The van der Waals surface area contributed by atoms with Gasteiger partial charge in [-0.3, -0.25) is 4.79 Å². The van der Waals surface area contributed by atoms with Crippen molar-refractivity contribution < 1.29 is 9.90 Å². The molecule has 0 bridgehead atoms. The lowest BCUT2D eigenvalue weighted by Gasteiger charge is -2.29. The molecule has 1 aromatic heterocycles. The number of aromatic nitrogens is 2. The molecular formula is C15H17BrN2O2S. The van der Waals surface area contributed by atoms with Gasteiger partial charge in [0.05, 0.1) is 16.8 Å². The van der Waals surface area contributed by atoms with Gasteiger partial charge >= 0.3 is 5.97 Å². The Bertz CT molecular complexity index is 707. The maximum absolute atomic E-state index is 10.9. The Morgan fingerprint density at radius 3 is 2.86 bits per heavy atom. The molecule has 3 rings (SSSR count). The number of carboxylic acid groups (broad SMARTS) is 1. The monoisotopic (exact) mass is 368 g/mol. The fraction of sp³-hybridized carbons (Fsp3) is 0.467. The number of hydrogen-bond acceptors (Lipinski definition) is 3. The van der Waals surface area contributed by atoms with Crippen LogP contribution >= 0.6 is 27.7 Å². The minimum atomic E-state index is -0.816. The van der Waals surface area contributed by atoms with Crippen LogP contribution in [0.15, 0.2) is 27.8 Å². The molecule has 1 N–H and O–H groups in total. The van der Waals surface area contributed by atoms with Gasteiger partial charge < -0.3 is 9.67 Å². The van der Waals surface area contributed by atoms with Gasteiger partial charge in [0.15, 0.2) is 5.16 Å². The largest absolute Gasteiger partial charge is 0.481 e. The summed E-state index contributed by atoms with van der Waals surface area (Å²) in [7, 11) is 0. The number of halogens is 1. The first kappa shape index (κ1) is 14.9.